The Morgan fingerprint density at radius 1 is 1.46 bits per heavy atom. The molecule has 13 heavy (non-hydrogen) atoms. The first-order valence-corrected chi connectivity index (χ1v) is 6.09. The lowest BCUT2D eigenvalue weighted by atomic mass is 10.1. The highest BCUT2D eigenvalue weighted by Gasteiger charge is 2.11. The van der Waals surface area contributed by atoms with Gasteiger partial charge in [-0.2, -0.15) is 0 Å². The summed E-state index contributed by atoms with van der Waals surface area (Å²) in [7, 11) is 0. The smallest absolute Gasteiger partial charge is 0.165 e. The number of carbonyl (C=O) groups is 1. The minimum absolute atomic E-state index is 0.106. The normalized spacial score (nSPS) is 10.1. The molecule has 0 spiro atoms. The molecule has 0 N–H and O–H groups in total. The molecule has 0 aliphatic heterocycles. The zero-order valence-corrected chi connectivity index (χ0v) is 10.8. The third-order valence-corrected chi connectivity index (χ3v) is 3.02. The number of rotatable bonds is 3. The first-order valence-electron chi connectivity index (χ1n) is 3.73. The molecule has 0 aromatic heterocycles. The molecule has 1 aromatic carbocycles. The van der Waals surface area contributed by atoms with E-state index in [2.05, 4.69) is 44.5 Å². The van der Waals surface area contributed by atoms with Gasteiger partial charge in [0.1, 0.15) is 0 Å². The molecule has 0 radical (unpaired) electrons. The second kappa shape index (κ2) is 5.17. The minimum atomic E-state index is 0.106. The van der Waals surface area contributed by atoms with E-state index in [1.807, 2.05) is 18.2 Å². The molecule has 0 unspecified atom stereocenters. The Kier molecular flexibility index (Phi) is 4.49. The molecule has 0 heterocycles. The fourth-order valence-corrected chi connectivity index (χ4v) is 2.43. The van der Waals surface area contributed by atoms with E-state index in [4.69, 9.17) is 0 Å². The second-order valence-corrected chi connectivity index (χ2v) is 4.63. The molecule has 0 aliphatic rings. The average Bonchev–Trinajstić information content (AvgIpc) is 2.04. The Morgan fingerprint density at radius 3 is 2.69 bits per heavy atom. The van der Waals surface area contributed by atoms with Crippen molar-refractivity contribution in [3.05, 3.63) is 28.2 Å². The fourth-order valence-electron chi connectivity index (χ4n) is 1.000. The fraction of sp³-hybridized carbons (Fsp3) is 0.222. The molecular formula is C9H8Br2OS. The van der Waals surface area contributed by atoms with E-state index in [-0.39, 0.29) is 5.78 Å². The third kappa shape index (κ3) is 2.82. The maximum absolute atomic E-state index is 11.6. The molecule has 1 aromatic rings. The minimum Gasteiger partial charge on any atom is -0.294 e. The van der Waals surface area contributed by atoms with Gasteiger partial charge < -0.3 is 0 Å². The van der Waals surface area contributed by atoms with Crippen LogP contribution in [0.5, 0.6) is 0 Å². The summed E-state index contributed by atoms with van der Waals surface area (Å²) in [5.74, 6) is 0.106. The molecule has 4 heteroatoms. The number of carbonyl (C=O) groups excluding carboxylic acids is 1. The Morgan fingerprint density at radius 2 is 2.15 bits per heavy atom. The summed E-state index contributed by atoms with van der Waals surface area (Å²) in [6.45, 7) is 0. The summed E-state index contributed by atoms with van der Waals surface area (Å²) in [4.78, 5) is 12.3. The van der Waals surface area contributed by atoms with Crippen LogP contribution in [0.1, 0.15) is 16.8 Å². The van der Waals surface area contributed by atoms with Crippen molar-refractivity contribution in [1.82, 2.24) is 0 Å². The zero-order chi connectivity index (χ0) is 9.84. The number of thiol groups is 1. The summed E-state index contributed by atoms with van der Waals surface area (Å²) in [6, 6.07) is 5.52. The Labute approximate surface area is 99.6 Å². The van der Waals surface area contributed by atoms with Crippen LogP contribution >= 0.6 is 44.5 Å². The summed E-state index contributed by atoms with van der Waals surface area (Å²) in [5.41, 5.74) is 0.672. The molecule has 0 saturated carbocycles. The Balaban J connectivity index is 3.05. The van der Waals surface area contributed by atoms with E-state index in [1.165, 1.54) is 0 Å². The number of hydrogen-bond acceptors (Lipinski definition) is 2. The molecule has 70 valence electrons. The van der Waals surface area contributed by atoms with Crippen LogP contribution in [-0.2, 0) is 0 Å². The molecule has 0 saturated heterocycles. The lowest BCUT2D eigenvalue weighted by Gasteiger charge is -2.04. The molecule has 0 bridgehead atoms. The van der Waals surface area contributed by atoms with Crippen molar-refractivity contribution < 1.29 is 4.79 Å². The molecule has 1 nitrogen and oxygen atoms in total. The molecule has 0 atom stereocenters. The lowest BCUT2D eigenvalue weighted by molar-refractivity contribution is 0.0986. The van der Waals surface area contributed by atoms with Gasteiger partial charge in [-0.1, -0.05) is 37.9 Å². The van der Waals surface area contributed by atoms with Gasteiger partial charge in [-0.25, -0.2) is 0 Å². The van der Waals surface area contributed by atoms with Gasteiger partial charge in [-0.05, 0) is 12.1 Å². The van der Waals surface area contributed by atoms with Crippen LogP contribution < -0.4 is 0 Å². The van der Waals surface area contributed by atoms with Crippen molar-refractivity contribution in [2.24, 2.45) is 0 Å². The van der Waals surface area contributed by atoms with Crippen molar-refractivity contribution in [3.8, 4) is 0 Å². The number of Topliss-reactive ketones (excluding diaryl/α,β-unsaturated/α-hetero) is 1. The Bertz CT molecular complexity index is 305. The average molecular weight is 324 g/mol. The quantitative estimate of drug-likeness (QED) is 0.510. The maximum atomic E-state index is 11.6. The van der Waals surface area contributed by atoms with Gasteiger partial charge in [0.2, 0.25) is 0 Å². The van der Waals surface area contributed by atoms with Crippen LogP contribution in [0.3, 0.4) is 0 Å². The number of halogens is 2. The number of benzene rings is 1. The molecule has 0 fully saturated rings. The second-order valence-electron chi connectivity index (χ2n) is 2.50. The van der Waals surface area contributed by atoms with Gasteiger partial charge >= 0.3 is 0 Å². The first-order chi connectivity index (χ1) is 6.16. The topological polar surface area (TPSA) is 17.1 Å². The summed E-state index contributed by atoms with van der Waals surface area (Å²) >= 11 is 10.8. The SMILES string of the molecule is O=C(CCBr)c1c(S)cccc1Br. The van der Waals surface area contributed by atoms with Crippen LogP contribution in [0, 0.1) is 0 Å². The van der Waals surface area contributed by atoms with Gasteiger partial charge in [0, 0.05) is 26.7 Å². The first kappa shape index (κ1) is 11.3. The monoisotopic (exact) mass is 322 g/mol. The number of hydrogen-bond donors (Lipinski definition) is 1. The predicted octanol–water partition coefficient (Wildman–Crippen LogP) is 3.71. The lowest BCUT2D eigenvalue weighted by Crippen LogP contribution is -2.01. The van der Waals surface area contributed by atoms with E-state index in [0.717, 1.165) is 9.37 Å². The molecule has 0 amide bonds. The van der Waals surface area contributed by atoms with Gasteiger partial charge in [-0.3, -0.25) is 4.79 Å². The largest absolute Gasteiger partial charge is 0.294 e. The zero-order valence-electron chi connectivity index (χ0n) is 6.76. The van der Waals surface area contributed by atoms with Crippen molar-refractivity contribution in [2.75, 3.05) is 5.33 Å². The molecule has 1 rings (SSSR count). The highest BCUT2D eigenvalue weighted by atomic mass is 79.9. The Hall–Kier alpha value is 0.200. The molecular weight excluding hydrogens is 316 g/mol. The van der Waals surface area contributed by atoms with Crippen LogP contribution in [0.25, 0.3) is 0 Å². The van der Waals surface area contributed by atoms with E-state index in [9.17, 15) is 4.79 Å². The third-order valence-electron chi connectivity index (χ3n) is 1.59. The van der Waals surface area contributed by atoms with Gasteiger partial charge in [0.05, 0.1) is 0 Å². The summed E-state index contributed by atoms with van der Waals surface area (Å²) in [5, 5.41) is 0.681. The number of ketones is 1. The van der Waals surface area contributed by atoms with E-state index >= 15 is 0 Å². The van der Waals surface area contributed by atoms with E-state index < -0.39 is 0 Å². The van der Waals surface area contributed by atoms with Crippen LogP contribution in [-0.4, -0.2) is 11.1 Å². The molecule has 0 aliphatic carbocycles. The van der Waals surface area contributed by atoms with Crippen LogP contribution in [0.4, 0.5) is 0 Å². The van der Waals surface area contributed by atoms with Crippen molar-refractivity contribution in [3.63, 3.8) is 0 Å². The highest BCUT2D eigenvalue weighted by Crippen LogP contribution is 2.24. The predicted molar refractivity (Wildman–Crippen MR) is 64.1 cm³/mol. The van der Waals surface area contributed by atoms with E-state index in [1.54, 1.807) is 0 Å². The van der Waals surface area contributed by atoms with Gasteiger partial charge in [0.25, 0.3) is 0 Å². The van der Waals surface area contributed by atoms with Crippen LogP contribution in [0.2, 0.25) is 0 Å². The highest BCUT2D eigenvalue weighted by molar-refractivity contribution is 9.10. The van der Waals surface area contributed by atoms with Crippen molar-refractivity contribution in [2.45, 2.75) is 11.3 Å². The standard InChI is InChI=1S/C9H8Br2OS/c10-5-4-7(12)9-6(11)2-1-3-8(9)13/h1-3,13H,4-5H2. The number of alkyl halides is 1. The maximum Gasteiger partial charge on any atom is 0.165 e. The van der Waals surface area contributed by atoms with Crippen molar-refractivity contribution >= 4 is 50.3 Å². The van der Waals surface area contributed by atoms with Gasteiger partial charge in [-0.15, -0.1) is 12.6 Å². The van der Waals surface area contributed by atoms with Gasteiger partial charge in [0.15, 0.2) is 5.78 Å². The van der Waals surface area contributed by atoms with Crippen LogP contribution in [0.15, 0.2) is 27.6 Å². The van der Waals surface area contributed by atoms with Crippen molar-refractivity contribution in [1.29, 1.82) is 0 Å². The summed E-state index contributed by atoms with van der Waals surface area (Å²) in [6.07, 6.45) is 0.496. The van der Waals surface area contributed by atoms with E-state index in [0.29, 0.717) is 17.3 Å². The summed E-state index contributed by atoms with van der Waals surface area (Å²) < 4.78 is 0.811.